The van der Waals surface area contributed by atoms with E-state index in [1.807, 2.05) is 24.3 Å². The van der Waals surface area contributed by atoms with Crippen LogP contribution in [0.4, 0.5) is 0 Å². The van der Waals surface area contributed by atoms with Gasteiger partial charge in [-0.05, 0) is 24.8 Å². The minimum absolute atomic E-state index is 0.0229. The van der Waals surface area contributed by atoms with Crippen LogP contribution in [0.25, 0.3) is 0 Å². The molecular weight excluding hydrogens is 340 g/mol. The third kappa shape index (κ3) is 6.55. The normalized spacial score (nSPS) is 15.5. The van der Waals surface area contributed by atoms with Gasteiger partial charge in [0.15, 0.2) is 5.96 Å². The molecule has 1 aromatic rings. The van der Waals surface area contributed by atoms with Crippen LogP contribution >= 0.6 is 0 Å². The van der Waals surface area contributed by atoms with Crippen molar-refractivity contribution in [3.05, 3.63) is 29.8 Å². The molecule has 0 radical (unpaired) electrons. The van der Waals surface area contributed by atoms with Crippen molar-refractivity contribution in [3.8, 4) is 5.75 Å². The van der Waals surface area contributed by atoms with Gasteiger partial charge in [0.05, 0.1) is 12.9 Å². The standard InChI is InChI=1S/C17H28N4O3S/c1-18-17(20-13-15-8-3-4-9-16(15)24-2)19-10-11-25(22,23)21-12-14-6-5-7-14/h3-4,8-9,14,21H,5-7,10-13H2,1-2H3,(H2,18,19,20). The van der Waals surface area contributed by atoms with Gasteiger partial charge in [-0.1, -0.05) is 24.6 Å². The van der Waals surface area contributed by atoms with E-state index in [1.54, 1.807) is 14.2 Å². The van der Waals surface area contributed by atoms with Gasteiger partial charge >= 0.3 is 0 Å². The molecule has 1 aliphatic rings. The maximum absolute atomic E-state index is 12.0. The molecule has 140 valence electrons. The summed E-state index contributed by atoms with van der Waals surface area (Å²) in [5, 5.41) is 6.19. The van der Waals surface area contributed by atoms with Gasteiger partial charge in [-0.25, -0.2) is 13.1 Å². The van der Waals surface area contributed by atoms with E-state index < -0.39 is 10.0 Å². The number of ether oxygens (including phenoxy) is 1. The highest BCUT2D eigenvalue weighted by Crippen LogP contribution is 2.25. The van der Waals surface area contributed by atoms with Gasteiger partial charge in [0.25, 0.3) is 0 Å². The zero-order valence-corrected chi connectivity index (χ0v) is 15.7. The Morgan fingerprint density at radius 1 is 1.28 bits per heavy atom. The van der Waals surface area contributed by atoms with Crippen LogP contribution in [0.1, 0.15) is 24.8 Å². The van der Waals surface area contributed by atoms with E-state index >= 15 is 0 Å². The monoisotopic (exact) mass is 368 g/mol. The molecule has 3 N–H and O–H groups in total. The average molecular weight is 369 g/mol. The zero-order chi connectivity index (χ0) is 18.1. The highest BCUT2D eigenvalue weighted by molar-refractivity contribution is 7.89. The molecule has 0 bridgehead atoms. The van der Waals surface area contributed by atoms with Crippen LogP contribution in [-0.2, 0) is 16.6 Å². The molecule has 0 aliphatic heterocycles. The number of methoxy groups -OCH3 is 1. The largest absolute Gasteiger partial charge is 0.496 e. The second-order valence-electron chi connectivity index (χ2n) is 6.13. The Hall–Kier alpha value is -1.80. The molecule has 0 atom stereocenters. The van der Waals surface area contributed by atoms with Gasteiger partial charge in [-0.2, -0.15) is 0 Å². The van der Waals surface area contributed by atoms with Crippen molar-refractivity contribution in [2.24, 2.45) is 10.9 Å². The number of sulfonamides is 1. The molecule has 0 spiro atoms. The highest BCUT2D eigenvalue weighted by atomic mass is 32.2. The van der Waals surface area contributed by atoms with Gasteiger partial charge in [-0.3, -0.25) is 4.99 Å². The third-order valence-electron chi connectivity index (χ3n) is 4.34. The van der Waals surface area contributed by atoms with E-state index in [9.17, 15) is 8.42 Å². The van der Waals surface area contributed by atoms with Crippen molar-refractivity contribution in [1.29, 1.82) is 0 Å². The van der Waals surface area contributed by atoms with E-state index in [2.05, 4.69) is 20.3 Å². The summed E-state index contributed by atoms with van der Waals surface area (Å²) in [7, 11) is 0.0362. The van der Waals surface area contributed by atoms with Crippen molar-refractivity contribution in [3.63, 3.8) is 0 Å². The Balaban J connectivity index is 1.72. The Labute approximate surface area is 150 Å². The van der Waals surface area contributed by atoms with Crippen LogP contribution in [-0.4, -0.2) is 47.4 Å². The first-order valence-electron chi connectivity index (χ1n) is 8.58. The number of hydrogen-bond acceptors (Lipinski definition) is 4. The number of aliphatic imine (C=N–C) groups is 1. The van der Waals surface area contributed by atoms with E-state index in [-0.39, 0.29) is 5.75 Å². The third-order valence-corrected chi connectivity index (χ3v) is 5.69. The van der Waals surface area contributed by atoms with Gasteiger partial charge in [0.1, 0.15) is 5.75 Å². The van der Waals surface area contributed by atoms with Crippen molar-refractivity contribution >= 4 is 16.0 Å². The summed E-state index contributed by atoms with van der Waals surface area (Å²) < 4.78 is 31.9. The number of para-hydroxylation sites is 1. The molecular formula is C17H28N4O3S. The van der Waals surface area contributed by atoms with Gasteiger partial charge in [-0.15, -0.1) is 0 Å². The topological polar surface area (TPSA) is 91.8 Å². The van der Waals surface area contributed by atoms with E-state index in [1.165, 1.54) is 6.42 Å². The Morgan fingerprint density at radius 2 is 2.04 bits per heavy atom. The van der Waals surface area contributed by atoms with Gasteiger partial charge < -0.3 is 15.4 Å². The van der Waals surface area contributed by atoms with E-state index in [4.69, 9.17) is 4.74 Å². The summed E-state index contributed by atoms with van der Waals surface area (Å²) >= 11 is 0. The number of guanidine groups is 1. The summed E-state index contributed by atoms with van der Waals surface area (Å²) in [6, 6.07) is 7.72. The molecule has 8 heteroatoms. The van der Waals surface area contributed by atoms with E-state index in [0.717, 1.165) is 24.2 Å². The first kappa shape index (κ1) is 19.5. The first-order valence-corrected chi connectivity index (χ1v) is 10.2. The predicted molar refractivity (Wildman–Crippen MR) is 100 cm³/mol. The van der Waals surface area contributed by atoms with Crippen molar-refractivity contribution in [2.45, 2.75) is 25.8 Å². The number of rotatable bonds is 9. The minimum atomic E-state index is -3.25. The fourth-order valence-electron chi connectivity index (χ4n) is 2.57. The number of benzene rings is 1. The summed E-state index contributed by atoms with van der Waals surface area (Å²) in [5.41, 5.74) is 1.00. The molecule has 0 saturated heterocycles. The van der Waals surface area contributed by atoms with Crippen LogP contribution in [0.5, 0.6) is 5.75 Å². The first-order chi connectivity index (χ1) is 12.0. The molecule has 7 nitrogen and oxygen atoms in total. The molecule has 25 heavy (non-hydrogen) atoms. The molecule has 1 fully saturated rings. The van der Waals surface area contributed by atoms with E-state index in [0.29, 0.717) is 31.5 Å². The smallest absolute Gasteiger partial charge is 0.213 e. The Bertz CT molecular complexity index is 672. The lowest BCUT2D eigenvalue weighted by Gasteiger charge is -2.25. The molecule has 1 saturated carbocycles. The Kier molecular flexibility index (Phi) is 7.52. The molecule has 0 aromatic heterocycles. The highest BCUT2D eigenvalue weighted by Gasteiger charge is 2.20. The second-order valence-corrected chi connectivity index (χ2v) is 8.06. The number of nitrogens with zero attached hydrogens (tertiary/aromatic N) is 1. The summed E-state index contributed by atoms with van der Waals surface area (Å²) in [6.45, 7) is 1.39. The van der Waals surface area contributed by atoms with Crippen molar-refractivity contribution in [1.82, 2.24) is 15.4 Å². The van der Waals surface area contributed by atoms with Crippen LogP contribution in [0.15, 0.2) is 29.3 Å². The second kappa shape index (κ2) is 9.62. The molecule has 0 heterocycles. The van der Waals surface area contributed by atoms with Crippen molar-refractivity contribution in [2.75, 3.05) is 33.0 Å². The maximum atomic E-state index is 12.0. The number of nitrogens with one attached hydrogen (secondary N) is 3. The summed E-state index contributed by atoms with van der Waals surface area (Å²) in [4.78, 5) is 4.11. The zero-order valence-electron chi connectivity index (χ0n) is 14.9. The maximum Gasteiger partial charge on any atom is 0.213 e. The number of hydrogen-bond donors (Lipinski definition) is 3. The minimum Gasteiger partial charge on any atom is -0.496 e. The summed E-state index contributed by atoms with van der Waals surface area (Å²) in [5.74, 6) is 1.89. The lowest BCUT2D eigenvalue weighted by atomic mass is 9.86. The van der Waals surface area contributed by atoms with Crippen molar-refractivity contribution < 1.29 is 13.2 Å². The fraction of sp³-hybridized carbons (Fsp3) is 0.588. The predicted octanol–water partition coefficient (Wildman–Crippen LogP) is 1.08. The quantitative estimate of drug-likeness (QED) is 0.448. The summed E-state index contributed by atoms with van der Waals surface area (Å²) in [6.07, 6.45) is 3.46. The average Bonchev–Trinajstić information content (AvgIpc) is 2.56. The van der Waals surface area contributed by atoms with Crippen LogP contribution in [0.3, 0.4) is 0 Å². The lowest BCUT2D eigenvalue weighted by molar-refractivity contribution is 0.316. The molecule has 1 aromatic carbocycles. The van der Waals surface area contributed by atoms with Gasteiger partial charge in [0, 0.05) is 32.2 Å². The molecule has 0 unspecified atom stereocenters. The molecule has 1 aliphatic carbocycles. The SMILES string of the molecule is CN=C(NCCS(=O)(=O)NCC1CCC1)NCc1ccccc1OC. The van der Waals surface area contributed by atoms with Crippen LogP contribution in [0.2, 0.25) is 0 Å². The molecule has 2 rings (SSSR count). The van der Waals surface area contributed by atoms with Crippen LogP contribution < -0.4 is 20.1 Å². The fourth-order valence-corrected chi connectivity index (χ4v) is 3.57. The Morgan fingerprint density at radius 3 is 2.68 bits per heavy atom. The van der Waals surface area contributed by atoms with Gasteiger partial charge in [0.2, 0.25) is 10.0 Å². The molecule has 0 amide bonds. The lowest BCUT2D eigenvalue weighted by Crippen LogP contribution is -2.41. The van der Waals surface area contributed by atoms with Crippen LogP contribution in [0, 0.1) is 5.92 Å².